The molecule has 6 nitrogen and oxygen atoms in total. The SMILES string of the molecule is Cc1cc(CCN2CCOCC2)cc2c(=O)[nH]c(-c3cc4sccc4cn3)nc12.Cl. The van der Waals surface area contributed by atoms with Crippen LogP contribution in [-0.2, 0) is 11.2 Å². The highest BCUT2D eigenvalue weighted by Crippen LogP contribution is 2.25. The number of hydrogen-bond donors (Lipinski definition) is 1. The molecule has 0 amide bonds. The molecule has 0 unspecified atom stereocenters. The Morgan fingerprint density at radius 2 is 2.07 bits per heavy atom. The van der Waals surface area contributed by atoms with E-state index in [2.05, 4.69) is 20.9 Å². The van der Waals surface area contributed by atoms with Crippen LogP contribution in [0.4, 0.5) is 0 Å². The average molecular weight is 443 g/mol. The Hall–Kier alpha value is -2.32. The molecule has 0 atom stereocenters. The Kier molecular flexibility index (Phi) is 6.15. The van der Waals surface area contributed by atoms with Gasteiger partial charge < -0.3 is 9.72 Å². The number of benzene rings is 1. The normalized spacial score (nSPS) is 14.8. The summed E-state index contributed by atoms with van der Waals surface area (Å²) in [5.41, 5.74) is 3.50. The molecule has 1 aliphatic heterocycles. The van der Waals surface area contributed by atoms with Crippen LogP contribution in [0.15, 0.2) is 40.6 Å². The van der Waals surface area contributed by atoms with Crippen LogP contribution in [0.1, 0.15) is 11.1 Å². The van der Waals surface area contributed by atoms with Gasteiger partial charge >= 0.3 is 0 Å². The molecule has 1 aromatic carbocycles. The fourth-order valence-electron chi connectivity index (χ4n) is 3.85. The molecule has 1 N–H and O–H groups in total. The van der Waals surface area contributed by atoms with Gasteiger partial charge in [0, 0.05) is 35.9 Å². The van der Waals surface area contributed by atoms with Crippen LogP contribution < -0.4 is 5.56 Å². The summed E-state index contributed by atoms with van der Waals surface area (Å²) in [7, 11) is 0. The van der Waals surface area contributed by atoms with E-state index in [1.807, 2.05) is 36.7 Å². The van der Waals surface area contributed by atoms with Gasteiger partial charge in [-0.15, -0.1) is 23.7 Å². The number of aromatic nitrogens is 3. The zero-order valence-electron chi connectivity index (χ0n) is 16.7. The summed E-state index contributed by atoms with van der Waals surface area (Å²) in [6, 6.07) is 8.15. The topological polar surface area (TPSA) is 71.1 Å². The maximum Gasteiger partial charge on any atom is 0.259 e. The minimum atomic E-state index is -0.116. The summed E-state index contributed by atoms with van der Waals surface area (Å²) in [6.07, 6.45) is 2.74. The second-order valence-corrected chi connectivity index (χ2v) is 8.40. The third-order valence-electron chi connectivity index (χ3n) is 5.46. The van der Waals surface area contributed by atoms with E-state index in [0.29, 0.717) is 16.9 Å². The van der Waals surface area contributed by atoms with Gasteiger partial charge in [0.25, 0.3) is 5.56 Å². The van der Waals surface area contributed by atoms with E-state index < -0.39 is 0 Å². The van der Waals surface area contributed by atoms with Crippen molar-refractivity contribution in [1.29, 1.82) is 0 Å². The molecule has 0 aliphatic carbocycles. The summed E-state index contributed by atoms with van der Waals surface area (Å²) in [5.74, 6) is 0.516. The van der Waals surface area contributed by atoms with E-state index in [1.54, 1.807) is 11.3 Å². The smallest absolute Gasteiger partial charge is 0.259 e. The number of nitrogens with zero attached hydrogens (tertiary/aromatic N) is 3. The van der Waals surface area contributed by atoms with Gasteiger partial charge in [-0.25, -0.2) is 4.98 Å². The number of H-pyrrole nitrogens is 1. The highest BCUT2D eigenvalue weighted by Gasteiger charge is 2.13. The standard InChI is InChI=1S/C22H22N4O2S.ClH/c1-14-10-15(2-4-26-5-7-28-8-6-26)11-17-20(14)24-21(25-22(17)27)18-12-19-16(13-23-18)3-9-29-19;/h3,9-13H,2,4-8H2,1H3,(H,24,25,27);1H. The van der Waals surface area contributed by atoms with Gasteiger partial charge in [-0.1, -0.05) is 6.07 Å². The average Bonchev–Trinajstić information content (AvgIpc) is 3.21. The number of aromatic amines is 1. The molecule has 1 saturated heterocycles. The van der Waals surface area contributed by atoms with Crippen LogP contribution >= 0.6 is 23.7 Å². The largest absolute Gasteiger partial charge is 0.379 e. The fourth-order valence-corrected chi connectivity index (χ4v) is 4.65. The molecule has 0 spiro atoms. The van der Waals surface area contributed by atoms with E-state index in [4.69, 9.17) is 9.72 Å². The zero-order valence-corrected chi connectivity index (χ0v) is 18.3. The Morgan fingerprint density at radius 1 is 1.23 bits per heavy atom. The lowest BCUT2D eigenvalue weighted by molar-refractivity contribution is 0.0384. The van der Waals surface area contributed by atoms with Crippen molar-refractivity contribution in [3.05, 3.63) is 57.3 Å². The van der Waals surface area contributed by atoms with Crippen LogP contribution in [0.2, 0.25) is 0 Å². The van der Waals surface area contributed by atoms with Crippen LogP contribution in [0, 0.1) is 6.92 Å². The van der Waals surface area contributed by atoms with E-state index in [1.165, 1.54) is 5.56 Å². The van der Waals surface area contributed by atoms with Crippen molar-refractivity contribution in [3.8, 4) is 11.5 Å². The summed E-state index contributed by atoms with van der Waals surface area (Å²) >= 11 is 1.65. The third kappa shape index (κ3) is 4.11. The first-order valence-corrected chi connectivity index (χ1v) is 10.7. The van der Waals surface area contributed by atoms with Crippen molar-refractivity contribution in [2.24, 2.45) is 0 Å². The monoisotopic (exact) mass is 442 g/mol. The molecule has 0 saturated carbocycles. The predicted octanol–water partition coefficient (Wildman–Crippen LogP) is 3.80. The maximum absolute atomic E-state index is 12.8. The number of rotatable bonds is 4. The van der Waals surface area contributed by atoms with Crippen LogP contribution in [0.25, 0.3) is 32.5 Å². The van der Waals surface area contributed by atoms with E-state index in [0.717, 1.165) is 60.4 Å². The number of morpholine rings is 1. The number of aryl methyl sites for hydroxylation is 1. The lowest BCUT2D eigenvalue weighted by Gasteiger charge is -2.26. The van der Waals surface area contributed by atoms with Crippen LogP contribution in [-0.4, -0.2) is 52.7 Å². The molecular weight excluding hydrogens is 420 g/mol. The molecule has 4 aromatic rings. The summed E-state index contributed by atoms with van der Waals surface area (Å²) in [4.78, 5) is 27.4. The highest BCUT2D eigenvalue weighted by atomic mass is 35.5. The molecule has 1 aliphatic rings. The van der Waals surface area contributed by atoms with Crippen molar-refractivity contribution >= 4 is 44.7 Å². The Balaban J connectivity index is 0.00000218. The number of nitrogens with one attached hydrogen (secondary N) is 1. The van der Waals surface area contributed by atoms with Gasteiger partial charge in [0.1, 0.15) is 5.69 Å². The Labute approximate surface area is 184 Å². The van der Waals surface area contributed by atoms with Gasteiger partial charge in [0.2, 0.25) is 0 Å². The molecule has 5 rings (SSSR count). The number of fused-ring (bicyclic) bond motifs is 2. The number of pyridine rings is 1. The predicted molar refractivity (Wildman–Crippen MR) is 124 cm³/mol. The summed E-state index contributed by atoms with van der Waals surface area (Å²) < 4.78 is 6.54. The van der Waals surface area contributed by atoms with Crippen molar-refractivity contribution in [2.45, 2.75) is 13.3 Å². The molecule has 156 valence electrons. The van der Waals surface area contributed by atoms with Crippen molar-refractivity contribution < 1.29 is 4.74 Å². The molecule has 4 heterocycles. The lowest BCUT2D eigenvalue weighted by atomic mass is 10.0. The zero-order chi connectivity index (χ0) is 19.8. The minimum absolute atomic E-state index is 0. The molecule has 8 heteroatoms. The van der Waals surface area contributed by atoms with Gasteiger partial charge in [0.05, 0.1) is 24.1 Å². The summed E-state index contributed by atoms with van der Waals surface area (Å²) in [5, 5.41) is 3.78. The number of hydrogen-bond acceptors (Lipinski definition) is 6. The maximum atomic E-state index is 12.8. The van der Waals surface area contributed by atoms with Gasteiger partial charge in [-0.3, -0.25) is 14.7 Å². The van der Waals surface area contributed by atoms with E-state index in [-0.39, 0.29) is 18.0 Å². The Bertz CT molecular complexity index is 1250. The number of ether oxygens (including phenoxy) is 1. The van der Waals surface area contributed by atoms with E-state index >= 15 is 0 Å². The molecule has 0 bridgehead atoms. The first-order valence-electron chi connectivity index (χ1n) is 9.85. The minimum Gasteiger partial charge on any atom is -0.379 e. The first kappa shape index (κ1) is 20.9. The van der Waals surface area contributed by atoms with Crippen LogP contribution in [0.3, 0.4) is 0 Å². The molecule has 1 fully saturated rings. The number of thiophene rings is 1. The van der Waals surface area contributed by atoms with E-state index in [9.17, 15) is 4.79 Å². The van der Waals surface area contributed by atoms with Crippen molar-refractivity contribution in [3.63, 3.8) is 0 Å². The fraction of sp³-hybridized carbons (Fsp3) is 0.318. The van der Waals surface area contributed by atoms with Crippen molar-refractivity contribution in [1.82, 2.24) is 19.9 Å². The molecule has 3 aromatic heterocycles. The highest BCUT2D eigenvalue weighted by molar-refractivity contribution is 7.17. The van der Waals surface area contributed by atoms with Crippen LogP contribution in [0.5, 0.6) is 0 Å². The molecule has 30 heavy (non-hydrogen) atoms. The molecule has 0 radical (unpaired) electrons. The quantitative estimate of drug-likeness (QED) is 0.520. The number of halogens is 1. The Morgan fingerprint density at radius 3 is 2.90 bits per heavy atom. The van der Waals surface area contributed by atoms with Gasteiger partial charge in [0.15, 0.2) is 5.82 Å². The van der Waals surface area contributed by atoms with Gasteiger partial charge in [-0.2, -0.15) is 0 Å². The van der Waals surface area contributed by atoms with Crippen molar-refractivity contribution in [2.75, 3.05) is 32.8 Å². The lowest BCUT2D eigenvalue weighted by Crippen LogP contribution is -2.37. The second-order valence-electron chi connectivity index (χ2n) is 7.46. The second kappa shape index (κ2) is 8.81. The molecular formula is C22H23ClN4O2S. The third-order valence-corrected chi connectivity index (χ3v) is 6.34. The van der Waals surface area contributed by atoms with Gasteiger partial charge in [-0.05, 0) is 48.1 Å². The summed E-state index contributed by atoms with van der Waals surface area (Å²) in [6.45, 7) is 6.54. The first-order chi connectivity index (χ1) is 14.2.